The van der Waals surface area contributed by atoms with Gasteiger partial charge in [-0.1, -0.05) is 145 Å². The molecule has 0 aliphatic rings. The Morgan fingerprint density at radius 2 is 0.613 bits per heavy atom. The van der Waals surface area contributed by atoms with Gasteiger partial charge in [0.25, 0.3) is 0 Å². The van der Waals surface area contributed by atoms with Crippen molar-refractivity contribution >= 4 is 80.3 Å². The number of hydrogen-bond donors (Lipinski definition) is 0. The molecule has 62 heavy (non-hydrogen) atoms. The molecular formula is C43H40Cl2F6N2O4P2PtS2+2. The molecule has 0 spiro atoms. The van der Waals surface area contributed by atoms with Crippen LogP contribution in [-0.4, -0.2) is 45.5 Å². The minimum absolute atomic E-state index is 0. The van der Waals surface area contributed by atoms with E-state index >= 15 is 0 Å². The van der Waals surface area contributed by atoms with Crippen molar-refractivity contribution in [2.45, 2.75) is 23.1 Å². The summed E-state index contributed by atoms with van der Waals surface area (Å²) in [5.74, 6) is 0. The van der Waals surface area contributed by atoms with Crippen LogP contribution < -0.4 is 21.2 Å². The molecule has 2 atom stereocenters. The Morgan fingerprint density at radius 1 is 0.419 bits per heavy atom. The number of nitrogens with zero attached hydrogens (tertiary/aromatic N) is 2. The summed E-state index contributed by atoms with van der Waals surface area (Å²) in [7, 11) is -14.0. The molecule has 6 nitrogen and oxygen atoms in total. The zero-order valence-electron chi connectivity index (χ0n) is 32.3. The third kappa shape index (κ3) is 15.8. The van der Waals surface area contributed by atoms with Crippen molar-refractivity contribution in [3.63, 3.8) is 0 Å². The van der Waals surface area contributed by atoms with E-state index in [2.05, 4.69) is 131 Å². The van der Waals surface area contributed by atoms with E-state index in [0.29, 0.717) is 0 Å². The largest absolute Gasteiger partial charge is 2.00 e. The van der Waals surface area contributed by atoms with Gasteiger partial charge in [0, 0.05) is 0 Å². The molecule has 0 saturated carbocycles. The van der Waals surface area contributed by atoms with E-state index in [0.717, 1.165) is 24.3 Å². The van der Waals surface area contributed by atoms with Crippen LogP contribution in [0.3, 0.4) is 0 Å². The number of sulfonamides is 2. The molecule has 6 aromatic rings. The Morgan fingerprint density at radius 3 is 0.806 bits per heavy atom. The Kier molecular flexibility index (Phi) is 21.8. The third-order valence-corrected chi connectivity index (χ3v) is 17.1. The molecule has 0 amide bonds. The summed E-state index contributed by atoms with van der Waals surface area (Å²) < 4.78 is 129. The molecule has 332 valence electrons. The van der Waals surface area contributed by atoms with Crippen LogP contribution in [0.25, 0.3) is 9.44 Å². The molecule has 0 saturated heterocycles. The topological polar surface area (TPSA) is 96.5 Å². The average Bonchev–Trinajstić information content (AvgIpc) is 3.25. The van der Waals surface area contributed by atoms with Gasteiger partial charge in [0.2, 0.25) is 0 Å². The first-order valence-corrected chi connectivity index (χ1v) is 25.6. The molecule has 6 rings (SSSR count). The van der Waals surface area contributed by atoms with E-state index in [1.807, 2.05) is 0 Å². The standard InChI is InChI=1S/C26H24P2.C16H12F6N2O4S2.CH2Cl2.Pt/c1-5-13-23(14-6-1)27(24-15-7-2-8-16-24)21-22-28(25-17-9-3-10-18-25)26-19-11-4-12-20-26;17-15(18,19)29(25,26)23-13(11-7-3-1-4-8-11)14(12-9-5-2-6-10-12)24-30(27,28)16(20,21)22;2-1-3;/h1-20H,21-22H2;1-10,13-14H;1H2;/q;-2;;+2/p+2/t;13-,14-;;/m.0../s1. The second-order valence-electron chi connectivity index (χ2n) is 12.8. The smallest absolute Gasteiger partial charge is 0.536 e. The van der Waals surface area contributed by atoms with E-state index in [4.69, 9.17) is 23.2 Å². The van der Waals surface area contributed by atoms with E-state index in [-0.39, 0.29) is 37.5 Å². The molecule has 0 heterocycles. The van der Waals surface area contributed by atoms with Gasteiger partial charge in [-0.25, -0.2) is 16.8 Å². The van der Waals surface area contributed by atoms with Crippen LogP contribution in [0, 0.1) is 0 Å². The summed E-state index contributed by atoms with van der Waals surface area (Å²) in [6.07, 6.45) is 2.52. The van der Waals surface area contributed by atoms with E-state index < -0.39 is 59.0 Å². The van der Waals surface area contributed by atoms with Crippen LogP contribution in [0.5, 0.6) is 0 Å². The quantitative estimate of drug-likeness (QED) is 0.0617. The fourth-order valence-electron chi connectivity index (χ4n) is 6.04. The predicted molar refractivity (Wildman–Crippen MR) is 242 cm³/mol. The fourth-order valence-corrected chi connectivity index (χ4v) is 13.6. The summed E-state index contributed by atoms with van der Waals surface area (Å²) in [5.41, 5.74) is -12.3. The van der Waals surface area contributed by atoms with Crippen LogP contribution >= 0.6 is 39.0 Å². The van der Waals surface area contributed by atoms with Crippen molar-refractivity contribution < 1.29 is 64.2 Å². The summed E-state index contributed by atoms with van der Waals surface area (Å²) in [6.45, 7) is 0. The van der Waals surface area contributed by atoms with Gasteiger partial charge in [0.05, 0.1) is 42.4 Å². The number of benzene rings is 6. The van der Waals surface area contributed by atoms with Gasteiger partial charge in [0.15, 0.2) is 20.0 Å². The first-order chi connectivity index (χ1) is 29.0. The molecule has 0 unspecified atom stereocenters. The molecule has 0 radical (unpaired) electrons. The monoisotopic (exact) mass is 1150 g/mol. The third-order valence-electron chi connectivity index (χ3n) is 8.78. The predicted octanol–water partition coefficient (Wildman–Crippen LogP) is 11.1. The molecular weight excluding hydrogens is 1110 g/mol. The maximum absolute atomic E-state index is 12.9. The fraction of sp³-hybridized carbons (Fsp3) is 0.163. The second kappa shape index (κ2) is 25.4. The number of halogens is 8. The zero-order valence-corrected chi connectivity index (χ0v) is 39.7. The van der Waals surface area contributed by atoms with Crippen molar-refractivity contribution in [1.29, 1.82) is 0 Å². The zero-order chi connectivity index (χ0) is 44.5. The number of rotatable bonds is 14. The van der Waals surface area contributed by atoms with Crippen LogP contribution in [0.2, 0.25) is 0 Å². The van der Waals surface area contributed by atoms with E-state index in [1.165, 1.54) is 69.9 Å². The van der Waals surface area contributed by atoms with Crippen LogP contribution in [-0.2, 0) is 41.1 Å². The van der Waals surface area contributed by atoms with Crippen LogP contribution in [0.1, 0.15) is 23.2 Å². The van der Waals surface area contributed by atoms with Crippen molar-refractivity contribution in [3.05, 3.63) is 203 Å². The summed E-state index contributed by atoms with van der Waals surface area (Å²) in [6, 6.07) is 52.2. The van der Waals surface area contributed by atoms with Crippen molar-refractivity contribution in [2.24, 2.45) is 0 Å². The molecule has 0 aliphatic heterocycles. The minimum atomic E-state index is -6.20. The first-order valence-electron chi connectivity index (χ1n) is 18.2. The van der Waals surface area contributed by atoms with Crippen molar-refractivity contribution in [2.75, 3.05) is 17.7 Å². The molecule has 0 N–H and O–H groups in total. The minimum Gasteiger partial charge on any atom is -0.536 e. The van der Waals surface area contributed by atoms with E-state index in [9.17, 15) is 43.2 Å². The Labute approximate surface area is 385 Å². The van der Waals surface area contributed by atoms with E-state index in [1.54, 1.807) is 0 Å². The van der Waals surface area contributed by atoms with Gasteiger partial charge < -0.3 is 9.44 Å². The summed E-state index contributed by atoms with van der Waals surface area (Å²) in [4.78, 5) is 0. The van der Waals surface area contributed by atoms with Crippen molar-refractivity contribution in [3.8, 4) is 0 Å². The molecule has 0 aromatic heterocycles. The Hall–Kier alpha value is -3.15. The van der Waals surface area contributed by atoms with Crippen molar-refractivity contribution in [1.82, 2.24) is 0 Å². The molecule has 6 aromatic carbocycles. The van der Waals surface area contributed by atoms with Gasteiger partial charge in [-0.3, -0.25) is 0 Å². The average molecular weight is 1150 g/mol. The molecule has 0 aliphatic carbocycles. The Balaban J connectivity index is 0.000000306. The second-order valence-corrected chi connectivity index (χ2v) is 22.1. The Bertz CT molecular complexity index is 2160. The molecule has 0 bridgehead atoms. The number of hydrogen-bond acceptors (Lipinski definition) is 4. The SMILES string of the molecule is ClCCl.O=S(=O)([N-][C@@H](c1ccccc1)[C@@H]([N-]S(=O)(=O)C(F)(F)F)c1ccccc1)C(F)(F)F.[Pt+2].c1ccc([PH+](CC[PH+](c2ccccc2)c2ccccc2)c2ccccc2)cc1. The summed E-state index contributed by atoms with van der Waals surface area (Å²) >= 11 is 9.53. The number of alkyl halides is 8. The maximum atomic E-state index is 12.9. The van der Waals surface area contributed by atoms with Gasteiger partial charge >= 0.3 is 32.1 Å². The molecule has 0 fully saturated rings. The maximum Gasteiger partial charge on any atom is 2.00 e. The van der Waals surface area contributed by atoms with Gasteiger partial charge in [-0.15, -0.1) is 35.3 Å². The van der Waals surface area contributed by atoms with Crippen LogP contribution in [0.4, 0.5) is 26.3 Å². The van der Waals surface area contributed by atoms with Gasteiger partial charge in [-0.05, 0) is 48.5 Å². The summed E-state index contributed by atoms with van der Waals surface area (Å²) in [5, 5.41) is 6.25. The van der Waals surface area contributed by atoms with Crippen LogP contribution in [0.15, 0.2) is 182 Å². The first kappa shape index (κ1) is 53.2. The van der Waals surface area contributed by atoms with Gasteiger partial charge in [-0.2, -0.15) is 26.3 Å². The molecule has 19 heteroatoms. The van der Waals surface area contributed by atoms with Gasteiger partial charge in [0.1, 0.15) is 12.3 Å². The normalized spacial score (nSPS) is 12.8.